The summed E-state index contributed by atoms with van der Waals surface area (Å²) in [6.45, 7) is 2.71. The van der Waals surface area contributed by atoms with E-state index in [2.05, 4.69) is 12.2 Å². The topological polar surface area (TPSA) is 66.4 Å². The Bertz CT molecular complexity index is 1060. The number of fused-ring (bicyclic) bond motifs is 1. The molecule has 0 saturated heterocycles. The van der Waals surface area contributed by atoms with E-state index in [1.807, 2.05) is 0 Å². The van der Waals surface area contributed by atoms with E-state index in [-0.39, 0.29) is 28.0 Å². The van der Waals surface area contributed by atoms with E-state index in [9.17, 15) is 23.5 Å². The minimum Gasteiger partial charge on any atom is -0.507 e. The molecule has 2 N–H and O–H groups in total. The molecule has 0 aromatic heterocycles. The van der Waals surface area contributed by atoms with Crippen LogP contribution in [-0.2, 0) is 4.79 Å². The van der Waals surface area contributed by atoms with Gasteiger partial charge in [-0.05, 0) is 30.7 Å². The largest absolute Gasteiger partial charge is 0.507 e. The number of benzene rings is 2. The normalized spacial score (nSPS) is 14.4. The number of aliphatic hydroxyl groups is 1. The van der Waals surface area contributed by atoms with Crippen LogP contribution in [0.4, 0.5) is 8.78 Å². The molecule has 6 heteroatoms. The van der Waals surface area contributed by atoms with Gasteiger partial charge in [0.15, 0.2) is 11.6 Å². The van der Waals surface area contributed by atoms with Crippen LogP contribution in [0.2, 0.25) is 0 Å². The fourth-order valence-electron chi connectivity index (χ4n) is 4.59. The Morgan fingerprint density at radius 1 is 0.771 bits per heavy atom. The Balaban J connectivity index is 1.68. The van der Waals surface area contributed by atoms with Gasteiger partial charge in [0.05, 0.1) is 11.6 Å². The van der Waals surface area contributed by atoms with Crippen molar-refractivity contribution in [1.82, 2.24) is 5.32 Å². The summed E-state index contributed by atoms with van der Waals surface area (Å²) in [4.78, 5) is 25.7. The Hall–Kier alpha value is -2.86. The first-order valence-electron chi connectivity index (χ1n) is 12.8. The predicted molar refractivity (Wildman–Crippen MR) is 134 cm³/mol. The summed E-state index contributed by atoms with van der Waals surface area (Å²) in [6, 6.07) is 8.77. The van der Waals surface area contributed by atoms with E-state index in [1.165, 1.54) is 57.1 Å². The molecule has 3 rings (SSSR count). The Morgan fingerprint density at radius 2 is 1.37 bits per heavy atom. The minimum atomic E-state index is -1.05. The van der Waals surface area contributed by atoms with Crippen molar-refractivity contribution in [3.05, 3.63) is 76.4 Å². The van der Waals surface area contributed by atoms with Crippen LogP contribution in [0.3, 0.4) is 0 Å². The zero-order valence-electron chi connectivity index (χ0n) is 20.4. The molecule has 1 atom stereocenters. The molecule has 0 saturated carbocycles. The molecule has 0 heterocycles. The first-order chi connectivity index (χ1) is 17.0. The number of hydrogen-bond acceptors (Lipinski definition) is 4. The van der Waals surface area contributed by atoms with Gasteiger partial charge in [-0.2, -0.15) is 0 Å². The Morgan fingerprint density at radius 3 is 2.00 bits per heavy atom. The maximum absolute atomic E-state index is 14.0. The van der Waals surface area contributed by atoms with Crippen molar-refractivity contribution in [2.45, 2.75) is 77.2 Å². The van der Waals surface area contributed by atoms with Gasteiger partial charge >= 0.3 is 0 Å². The minimum absolute atomic E-state index is 0.133. The third kappa shape index (κ3) is 6.85. The van der Waals surface area contributed by atoms with E-state index in [0.29, 0.717) is 6.54 Å². The molecule has 1 aliphatic rings. The lowest BCUT2D eigenvalue weighted by Gasteiger charge is -2.26. The molecule has 0 fully saturated rings. The number of nitrogens with one attached hydrogen (secondary N) is 1. The zero-order chi connectivity index (χ0) is 25.2. The number of halogens is 2. The average Bonchev–Trinajstić information content (AvgIpc) is 2.86. The Kier molecular flexibility index (Phi) is 10.2. The van der Waals surface area contributed by atoms with Gasteiger partial charge in [0.2, 0.25) is 11.6 Å². The van der Waals surface area contributed by atoms with Crippen LogP contribution in [0.5, 0.6) is 0 Å². The van der Waals surface area contributed by atoms with Gasteiger partial charge < -0.3 is 10.4 Å². The highest BCUT2D eigenvalue weighted by Crippen LogP contribution is 2.35. The van der Waals surface area contributed by atoms with E-state index in [0.717, 1.165) is 31.4 Å². The summed E-state index contributed by atoms with van der Waals surface area (Å²) in [5, 5.41) is 14.2. The fourth-order valence-corrected chi connectivity index (χ4v) is 4.59. The summed E-state index contributed by atoms with van der Waals surface area (Å²) in [5.74, 6) is -3.93. The maximum atomic E-state index is 14.0. The fraction of sp³-hybridized carbons (Fsp3) is 0.448. The number of carbonyl (C=O) groups excluding carboxylic acids is 2. The van der Waals surface area contributed by atoms with Crippen LogP contribution in [-0.4, -0.2) is 23.2 Å². The Labute approximate surface area is 206 Å². The number of aliphatic hydroxyl groups excluding tert-OH is 1. The molecule has 1 aliphatic carbocycles. The molecule has 1 unspecified atom stereocenters. The first kappa shape index (κ1) is 26.7. The lowest BCUT2D eigenvalue weighted by molar-refractivity contribution is -0.112. The smallest absolute Gasteiger partial charge is 0.235 e. The molecular formula is C29H35F2NO3. The van der Waals surface area contributed by atoms with Crippen molar-refractivity contribution in [1.29, 1.82) is 0 Å². The van der Waals surface area contributed by atoms with Crippen LogP contribution < -0.4 is 5.32 Å². The van der Waals surface area contributed by atoms with Crippen molar-refractivity contribution in [3.8, 4) is 0 Å². The molecule has 0 bridgehead atoms. The number of Topliss-reactive ketones (excluding diaryl/α,β-unsaturated/α-hetero) is 2. The monoisotopic (exact) mass is 483 g/mol. The van der Waals surface area contributed by atoms with Crippen molar-refractivity contribution < 1.29 is 23.5 Å². The van der Waals surface area contributed by atoms with Gasteiger partial charge in [-0.3, -0.25) is 9.59 Å². The van der Waals surface area contributed by atoms with Gasteiger partial charge in [-0.15, -0.1) is 0 Å². The number of unbranched alkanes of at least 4 members (excludes halogenated alkanes) is 9. The number of rotatable bonds is 14. The average molecular weight is 484 g/mol. The van der Waals surface area contributed by atoms with Gasteiger partial charge in [-0.25, -0.2) is 8.78 Å². The SMILES string of the molecule is CCCCCCCCCCCCNC(C1=C(O)c2ccccc2C(=O)C1=O)c1ccc(F)c(F)c1. The molecule has 188 valence electrons. The second-order valence-corrected chi connectivity index (χ2v) is 9.21. The summed E-state index contributed by atoms with van der Waals surface area (Å²) < 4.78 is 27.6. The molecule has 2 aromatic rings. The molecule has 0 radical (unpaired) electrons. The number of hydrogen-bond donors (Lipinski definition) is 2. The van der Waals surface area contributed by atoms with Crippen molar-refractivity contribution >= 4 is 17.3 Å². The van der Waals surface area contributed by atoms with E-state index >= 15 is 0 Å². The molecule has 35 heavy (non-hydrogen) atoms. The van der Waals surface area contributed by atoms with Crippen LogP contribution in [0.1, 0.15) is 98.7 Å². The summed E-state index contributed by atoms with van der Waals surface area (Å²) >= 11 is 0. The molecular weight excluding hydrogens is 448 g/mol. The van der Waals surface area contributed by atoms with Gasteiger partial charge in [0.25, 0.3) is 0 Å². The molecule has 2 aromatic carbocycles. The lowest BCUT2D eigenvalue weighted by atomic mass is 9.83. The van der Waals surface area contributed by atoms with Crippen molar-refractivity contribution in [2.24, 2.45) is 0 Å². The molecule has 0 aliphatic heterocycles. The van der Waals surface area contributed by atoms with E-state index in [4.69, 9.17) is 0 Å². The summed E-state index contributed by atoms with van der Waals surface area (Å²) in [5.41, 5.74) is 0.544. The van der Waals surface area contributed by atoms with Gasteiger partial charge in [0, 0.05) is 11.1 Å². The highest BCUT2D eigenvalue weighted by atomic mass is 19.2. The lowest BCUT2D eigenvalue weighted by Crippen LogP contribution is -2.34. The second kappa shape index (κ2) is 13.3. The van der Waals surface area contributed by atoms with Crippen LogP contribution >= 0.6 is 0 Å². The third-order valence-corrected chi connectivity index (χ3v) is 6.58. The van der Waals surface area contributed by atoms with Gasteiger partial charge in [0.1, 0.15) is 5.76 Å². The molecule has 0 spiro atoms. The van der Waals surface area contributed by atoms with Crippen LogP contribution in [0, 0.1) is 11.6 Å². The number of ketones is 2. The highest BCUT2D eigenvalue weighted by Gasteiger charge is 2.37. The number of carbonyl (C=O) groups is 2. The highest BCUT2D eigenvalue weighted by molar-refractivity contribution is 6.52. The second-order valence-electron chi connectivity index (χ2n) is 9.21. The summed E-state index contributed by atoms with van der Waals surface area (Å²) in [7, 11) is 0. The van der Waals surface area contributed by atoms with Gasteiger partial charge in [-0.1, -0.05) is 95.0 Å². The summed E-state index contributed by atoms with van der Waals surface area (Å²) in [6.07, 6.45) is 11.7. The van der Waals surface area contributed by atoms with Crippen LogP contribution in [0.15, 0.2) is 48.0 Å². The molecule has 0 amide bonds. The predicted octanol–water partition coefficient (Wildman–Crippen LogP) is 7.25. The molecule has 4 nitrogen and oxygen atoms in total. The zero-order valence-corrected chi connectivity index (χ0v) is 20.4. The van der Waals surface area contributed by atoms with Crippen molar-refractivity contribution in [3.63, 3.8) is 0 Å². The van der Waals surface area contributed by atoms with E-state index in [1.54, 1.807) is 18.2 Å². The quantitative estimate of drug-likeness (QED) is 0.219. The van der Waals surface area contributed by atoms with Crippen LogP contribution in [0.25, 0.3) is 5.76 Å². The standard InChI is InChI=1S/C29H35F2NO3/c1-2-3-4-5-6-7-8-9-10-13-18-32-26(20-16-17-23(30)24(31)19-20)25-27(33)21-14-11-12-15-22(21)28(34)29(25)35/h11-12,14-17,19,26,32-33H,2-10,13,18H2,1H3. The van der Waals surface area contributed by atoms with E-state index < -0.39 is 29.2 Å². The maximum Gasteiger partial charge on any atom is 0.235 e. The first-order valence-corrected chi connectivity index (χ1v) is 12.8. The third-order valence-electron chi connectivity index (χ3n) is 6.58. The van der Waals surface area contributed by atoms with Crippen molar-refractivity contribution in [2.75, 3.05) is 6.54 Å².